The minimum atomic E-state index is -0.208. The quantitative estimate of drug-likeness (QED) is 0.390. The molecule has 0 saturated heterocycles. The summed E-state index contributed by atoms with van der Waals surface area (Å²) in [6, 6.07) is 9.33. The molecule has 0 saturated carbocycles. The lowest BCUT2D eigenvalue weighted by Crippen LogP contribution is -2.28. The number of H-pyrrole nitrogens is 1. The minimum Gasteiger partial charge on any atom is -0.336 e. The molecule has 1 N–H and O–H groups in total. The van der Waals surface area contributed by atoms with Gasteiger partial charge in [-0.25, -0.2) is 9.97 Å². The molecule has 5 rings (SSSR count). The Bertz CT molecular complexity index is 1550. The first-order valence-corrected chi connectivity index (χ1v) is 11.4. The highest BCUT2D eigenvalue weighted by Crippen LogP contribution is 2.29. The van der Waals surface area contributed by atoms with Crippen LogP contribution in [0.4, 0.5) is 0 Å². The summed E-state index contributed by atoms with van der Waals surface area (Å²) < 4.78 is 1.92. The standard InChI is InChI=1S/C25H24ClN7O/c1-5-33-15(3)17(12-28-33)13-32(4)25(34)23-20-9-18(26)6-7-21(20)29-24(30-23)19-10-22-16(8-14(19)2)11-27-31-22/h6-12H,5,13H2,1-4H3,(H,27,31). The fourth-order valence-electron chi connectivity index (χ4n) is 4.20. The predicted molar refractivity (Wildman–Crippen MR) is 133 cm³/mol. The van der Waals surface area contributed by atoms with Gasteiger partial charge < -0.3 is 4.90 Å². The van der Waals surface area contributed by atoms with Gasteiger partial charge in [0.2, 0.25) is 0 Å². The molecule has 0 bridgehead atoms. The number of nitrogens with zero attached hydrogens (tertiary/aromatic N) is 6. The Morgan fingerprint density at radius 2 is 1.97 bits per heavy atom. The smallest absolute Gasteiger partial charge is 0.273 e. The first kappa shape index (κ1) is 22.0. The van der Waals surface area contributed by atoms with Gasteiger partial charge in [-0.3, -0.25) is 14.6 Å². The number of fused-ring (bicyclic) bond motifs is 2. The minimum absolute atomic E-state index is 0.208. The molecule has 0 aliphatic heterocycles. The molecule has 1 amide bonds. The lowest BCUT2D eigenvalue weighted by molar-refractivity contribution is 0.0781. The van der Waals surface area contributed by atoms with E-state index in [1.165, 1.54) is 0 Å². The second kappa shape index (κ2) is 8.53. The van der Waals surface area contributed by atoms with Crippen molar-refractivity contribution in [3.8, 4) is 11.4 Å². The molecule has 0 aliphatic carbocycles. The number of nitrogens with one attached hydrogen (secondary N) is 1. The van der Waals surface area contributed by atoms with Crippen molar-refractivity contribution in [2.24, 2.45) is 0 Å². The number of halogens is 1. The zero-order valence-corrected chi connectivity index (χ0v) is 20.2. The number of hydrogen-bond donors (Lipinski definition) is 1. The van der Waals surface area contributed by atoms with E-state index in [2.05, 4.69) is 15.3 Å². The lowest BCUT2D eigenvalue weighted by atomic mass is 10.0. The van der Waals surface area contributed by atoms with Gasteiger partial charge in [0, 0.05) is 52.8 Å². The van der Waals surface area contributed by atoms with Crippen molar-refractivity contribution >= 4 is 39.3 Å². The third kappa shape index (κ3) is 3.80. The van der Waals surface area contributed by atoms with Gasteiger partial charge in [0.25, 0.3) is 5.91 Å². The molecule has 9 heteroatoms. The molecule has 34 heavy (non-hydrogen) atoms. The summed E-state index contributed by atoms with van der Waals surface area (Å²) in [6.07, 6.45) is 3.59. The molecule has 172 valence electrons. The van der Waals surface area contributed by atoms with E-state index < -0.39 is 0 Å². The zero-order valence-electron chi connectivity index (χ0n) is 19.4. The molecule has 0 spiro atoms. The summed E-state index contributed by atoms with van der Waals surface area (Å²) in [5, 5.41) is 13.6. The number of rotatable bonds is 5. The Morgan fingerprint density at radius 1 is 1.15 bits per heavy atom. The summed E-state index contributed by atoms with van der Waals surface area (Å²) in [4.78, 5) is 24.8. The third-order valence-corrected chi connectivity index (χ3v) is 6.38. The lowest BCUT2D eigenvalue weighted by Gasteiger charge is -2.18. The molecule has 3 heterocycles. The van der Waals surface area contributed by atoms with Crippen LogP contribution in [-0.2, 0) is 13.1 Å². The Morgan fingerprint density at radius 3 is 2.74 bits per heavy atom. The predicted octanol–water partition coefficient (Wildman–Crippen LogP) is 4.93. The number of aryl methyl sites for hydroxylation is 2. The number of aromatic nitrogens is 6. The maximum atomic E-state index is 13.7. The van der Waals surface area contributed by atoms with E-state index in [-0.39, 0.29) is 5.91 Å². The number of aromatic amines is 1. The molecule has 5 aromatic rings. The molecular weight excluding hydrogens is 450 g/mol. The van der Waals surface area contributed by atoms with Crippen molar-refractivity contribution < 1.29 is 4.79 Å². The van der Waals surface area contributed by atoms with Gasteiger partial charge in [-0.1, -0.05) is 11.6 Å². The Kier molecular flexibility index (Phi) is 5.53. The first-order chi connectivity index (χ1) is 16.4. The topological polar surface area (TPSA) is 92.6 Å². The van der Waals surface area contributed by atoms with E-state index in [9.17, 15) is 4.79 Å². The summed E-state index contributed by atoms with van der Waals surface area (Å²) >= 11 is 6.28. The fourth-order valence-corrected chi connectivity index (χ4v) is 4.37. The van der Waals surface area contributed by atoms with Gasteiger partial charge in [0.15, 0.2) is 5.82 Å². The monoisotopic (exact) mass is 473 g/mol. The molecule has 0 aliphatic rings. The first-order valence-electron chi connectivity index (χ1n) is 11.0. The average molecular weight is 474 g/mol. The average Bonchev–Trinajstić information content (AvgIpc) is 3.43. The maximum Gasteiger partial charge on any atom is 0.273 e. The second-order valence-electron chi connectivity index (χ2n) is 8.41. The summed E-state index contributed by atoms with van der Waals surface area (Å²) in [7, 11) is 1.77. The maximum absolute atomic E-state index is 13.7. The van der Waals surface area contributed by atoms with Crippen molar-refractivity contribution in [2.75, 3.05) is 7.05 Å². The Labute approximate surface area is 201 Å². The Balaban J connectivity index is 1.61. The highest BCUT2D eigenvalue weighted by Gasteiger charge is 2.22. The van der Waals surface area contributed by atoms with Crippen LogP contribution in [0, 0.1) is 13.8 Å². The van der Waals surface area contributed by atoms with Crippen LogP contribution >= 0.6 is 11.6 Å². The van der Waals surface area contributed by atoms with E-state index in [0.717, 1.165) is 39.8 Å². The zero-order chi connectivity index (χ0) is 24.0. The van der Waals surface area contributed by atoms with Gasteiger partial charge in [0.1, 0.15) is 5.69 Å². The van der Waals surface area contributed by atoms with Crippen molar-refractivity contribution in [2.45, 2.75) is 33.9 Å². The highest BCUT2D eigenvalue weighted by molar-refractivity contribution is 6.31. The Hall–Kier alpha value is -3.78. The second-order valence-corrected chi connectivity index (χ2v) is 8.85. The molecule has 0 radical (unpaired) electrons. The van der Waals surface area contributed by atoms with E-state index in [1.54, 1.807) is 30.3 Å². The van der Waals surface area contributed by atoms with Crippen LogP contribution in [0.5, 0.6) is 0 Å². The van der Waals surface area contributed by atoms with Gasteiger partial charge in [0.05, 0.1) is 23.4 Å². The largest absolute Gasteiger partial charge is 0.336 e. The van der Waals surface area contributed by atoms with Gasteiger partial charge in [-0.15, -0.1) is 0 Å². The van der Waals surface area contributed by atoms with Crippen LogP contribution in [0.1, 0.15) is 34.2 Å². The normalized spacial score (nSPS) is 11.4. The van der Waals surface area contributed by atoms with E-state index in [1.807, 2.05) is 49.8 Å². The number of carbonyl (C=O) groups excluding carboxylic acids is 1. The van der Waals surface area contributed by atoms with Gasteiger partial charge >= 0.3 is 0 Å². The van der Waals surface area contributed by atoms with Crippen LogP contribution in [-0.4, -0.2) is 47.8 Å². The molecule has 3 aromatic heterocycles. The van der Waals surface area contributed by atoms with E-state index in [0.29, 0.717) is 34.0 Å². The van der Waals surface area contributed by atoms with Crippen molar-refractivity contribution in [1.82, 2.24) is 34.8 Å². The van der Waals surface area contributed by atoms with Crippen LogP contribution < -0.4 is 0 Å². The summed E-state index contributed by atoms with van der Waals surface area (Å²) in [5.74, 6) is 0.274. The van der Waals surface area contributed by atoms with Crippen LogP contribution in [0.15, 0.2) is 42.7 Å². The number of hydrogen-bond acceptors (Lipinski definition) is 5. The van der Waals surface area contributed by atoms with Gasteiger partial charge in [-0.2, -0.15) is 10.2 Å². The number of benzene rings is 2. The van der Waals surface area contributed by atoms with E-state index >= 15 is 0 Å². The van der Waals surface area contributed by atoms with Crippen LogP contribution in [0.3, 0.4) is 0 Å². The van der Waals surface area contributed by atoms with E-state index in [4.69, 9.17) is 21.6 Å². The van der Waals surface area contributed by atoms with Crippen LogP contribution in [0.2, 0.25) is 5.02 Å². The SMILES string of the molecule is CCn1ncc(CN(C)C(=O)c2nc(-c3cc4[nH]ncc4cc3C)nc3ccc(Cl)cc23)c1C. The highest BCUT2D eigenvalue weighted by atomic mass is 35.5. The van der Waals surface area contributed by atoms with Crippen molar-refractivity contribution in [3.05, 3.63) is 70.3 Å². The molecular formula is C25H24ClN7O. The summed E-state index contributed by atoms with van der Waals surface area (Å²) in [5.41, 5.74) is 5.73. The number of carbonyl (C=O) groups is 1. The van der Waals surface area contributed by atoms with Crippen LogP contribution in [0.25, 0.3) is 33.2 Å². The van der Waals surface area contributed by atoms with Crippen molar-refractivity contribution in [3.63, 3.8) is 0 Å². The molecule has 0 unspecified atom stereocenters. The molecule has 0 fully saturated rings. The van der Waals surface area contributed by atoms with Crippen molar-refractivity contribution in [1.29, 1.82) is 0 Å². The fraction of sp³-hybridized carbons (Fsp3) is 0.240. The molecule has 2 aromatic carbocycles. The third-order valence-electron chi connectivity index (χ3n) is 6.15. The molecule has 0 atom stereocenters. The summed E-state index contributed by atoms with van der Waals surface area (Å²) in [6.45, 7) is 7.25. The number of amides is 1. The van der Waals surface area contributed by atoms with Gasteiger partial charge in [-0.05, 0) is 56.7 Å². The molecule has 8 nitrogen and oxygen atoms in total.